The SMILES string of the molecule is Nc1ccc(Cl)c(Oc2nc[nH]c(=O)c2N)c1. The van der Waals surface area contributed by atoms with Gasteiger partial charge in [-0.2, -0.15) is 0 Å². The summed E-state index contributed by atoms with van der Waals surface area (Å²) in [5, 5.41) is 0.348. The summed E-state index contributed by atoms with van der Waals surface area (Å²) in [5.74, 6) is 0.276. The number of benzene rings is 1. The predicted octanol–water partition coefficient (Wildman–Crippen LogP) is 1.38. The number of hydrogen-bond acceptors (Lipinski definition) is 5. The molecular weight excluding hydrogens is 244 g/mol. The Bertz CT molecular complexity index is 611. The van der Waals surface area contributed by atoms with Gasteiger partial charge in [-0.3, -0.25) is 4.79 Å². The molecule has 0 saturated carbocycles. The zero-order valence-electron chi connectivity index (χ0n) is 8.61. The van der Waals surface area contributed by atoms with Crippen molar-refractivity contribution in [2.75, 3.05) is 11.5 Å². The Labute approximate surface area is 101 Å². The van der Waals surface area contributed by atoms with Gasteiger partial charge in [0.2, 0.25) is 5.88 Å². The van der Waals surface area contributed by atoms with E-state index in [1.807, 2.05) is 0 Å². The van der Waals surface area contributed by atoms with Crippen LogP contribution in [-0.4, -0.2) is 9.97 Å². The van der Waals surface area contributed by atoms with Crippen LogP contribution in [0.1, 0.15) is 0 Å². The monoisotopic (exact) mass is 252 g/mol. The molecule has 1 aromatic carbocycles. The number of halogens is 1. The lowest BCUT2D eigenvalue weighted by Gasteiger charge is -2.08. The fraction of sp³-hybridized carbons (Fsp3) is 0. The van der Waals surface area contributed by atoms with Gasteiger partial charge in [0, 0.05) is 11.8 Å². The molecule has 0 aliphatic rings. The number of aromatic amines is 1. The predicted molar refractivity (Wildman–Crippen MR) is 65.2 cm³/mol. The van der Waals surface area contributed by atoms with Gasteiger partial charge >= 0.3 is 0 Å². The number of anilines is 2. The summed E-state index contributed by atoms with van der Waals surface area (Å²) in [6, 6.07) is 4.73. The summed E-state index contributed by atoms with van der Waals surface area (Å²) in [5.41, 5.74) is 11.0. The highest BCUT2D eigenvalue weighted by Crippen LogP contribution is 2.31. The van der Waals surface area contributed by atoms with Gasteiger partial charge in [-0.1, -0.05) is 11.6 Å². The first-order valence-electron chi connectivity index (χ1n) is 4.64. The van der Waals surface area contributed by atoms with E-state index in [2.05, 4.69) is 9.97 Å². The van der Waals surface area contributed by atoms with Crippen molar-refractivity contribution in [2.45, 2.75) is 0 Å². The molecule has 0 radical (unpaired) electrons. The van der Waals surface area contributed by atoms with Crippen molar-refractivity contribution in [3.8, 4) is 11.6 Å². The number of H-pyrrole nitrogens is 1. The van der Waals surface area contributed by atoms with E-state index in [0.717, 1.165) is 0 Å². The molecule has 0 fully saturated rings. The van der Waals surface area contributed by atoms with Crippen LogP contribution in [0, 0.1) is 0 Å². The summed E-state index contributed by atoms with van der Waals surface area (Å²) in [6.07, 6.45) is 1.19. The molecule has 17 heavy (non-hydrogen) atoms. The minimum atomic E-state index is -0.477. The van der Waals surface area contributed by atoms with E-state index in [1.54, 1.807) is 12.1 Å². The number of nitrogens with two attached hydrogens (primary N) is 2. The summed E-state index contributed by atoms with van der Waals surface area (Å²) in [6.45, 7) is 0. The Kier molecular flexibility index (Phi) is 2.88. The molecule has 0 unspecified atom stereocenters. The average molecular weight is 253 g/mol. The summed E-state index contributed by atoms with van der Waals surface area (Å²) < 4.78 is 5.33. The molecule has 0 bridgehead atoms. The van der Waals surface area contributed by atoms with Crippen LogP contribution in [0.15, 0.2) is 29.3 Å². The smallest absolute Gasteiger partial charge is 0.277 e. The molecule has 1 aromatic heterocycles. The van der Waals surface area contributed by atoms with E-state index in [4.69, 9.17) is 27.8 Å². The largest absolute Gasteiger partial charge is 0.435 e. The molecule has 2 aromatic rings. The Morgan fingerprint density at radius 2 is 2.12 bits per heavy atom. The third kappa shape index (κ3) is 2.31. The first-order valence-corrected chi connectivity index (χ1v) is 5.02. The number of ether oxygens (including phenoxy) is 1. The van der Waals surface area contributed by atoms with Crippen LogP contribution in [0.2, 0.25) is 5.02 Å². The van der Waals surface area contributed by atoms with Gasteiger partial charge in [0.15, 0.2) is 5.69 Å². The Morgan fingerprint density at radius 3 is 2.88 bits per heavy atom. The van der Waals surface area contributed by atoms with Crippen molar-refractivity contribution < 1.29 is 4.74 Å². The van der Waals surface area contributed by atoms with Gasteiger partial charge in [0.1, 0.15) is 5.75 Å². The van der Waals surface area contributed by atoms with E-state index >= 15 is 0 Å². The topological polar surface area (TPSA) is 107 Å². The highest BCUT2D eigenvalue weighted by molar-refractivity contribution is 6.32. The van der Waals surface area contributed by atoms with Crippen LogP contribution in [0.4, 0.5) is 11.4 Å². The molecule has 6 nitrogen and oxygen atoms in total. The molecule has 2 rings (SSSR count). The molecule has 0 spiro atoms. The lowest BCUT2D eigenvalue weighted by Crippen LogP contribution is -2.13. The Hall–Kier alpha value is -2.21. The molecule has 0 atom stereocenters. The second kappa shape index (κ2) is 4.34. The van der Waals surface area contributed by atoms with Crippen LogP contribution in [0.3, 0.4) is 0 Å². The lowest BCUT2D eigenvalue weighted by atomic mass is 10.3. The number of hydrogen-bond donors (Lipinski definition) is 3. The highest BCUT2D eigenvalue weighted by Gasteiger charge is 2.09. The first kappa shape index (κ1) is 11.3. The maximum atomic E-state index is 11.2. The van der Waals surface area contributed by atoms with Crippen molar-refractivity contribution in [3.05, 3.63) is 39.9 Å². The van der Waals surface area contributed by atoms with Crippen LogP contribution >= 0.6 is 11.6 Å². The molecule has 1 heterocycles. The second-order valence-corrected chi connectivity index (χ2v) is 3.65. The van der Waals surface area contributed by atoms with Crippen molar-refractivity contribution in [2.24, 2.45) is 0 Å². The van der Waals surface area contributed by atoms with Crippen LogP contribution in [0.25, 0.3) is 0 Å². The molecule has 0 amide bonds. The number of aromatic nitrogens is 2. The van der Waals surface area contributed by atoms with Crippen molar-refractivity contribution in [1.82, 2.24) is 9.97 Å². The molecule has 0 aliphatic carbocycles. The average Bonchev–Trinajstić information content (AvgIpc) is 2.30. The van der Waals surface area contributed by atoms with Crippen molar-refractivity contribution in [3.63, 3.8) is 0 Å². The van der Waals surface area contributed by atoms with E-state index in [-0.39, 0.29) is 17.3 Å². The van der Waals surface area contributed by atoms with Gasteiger partial charge in [0.25, 0.3) is 5.56 Å². The zero-order chi connectivity index (χ0) is 12.4. The van der Waals surface area contributed by atoms with Gasteiger partial charge in [-0.05, 0) is 12.1 Å². The minimum absolute atomic E-state index is 0.0127. The zero-order valence-corrected chi connectivity index (χ0v) is 9.36. The normalized spacial score (nSPS) is 10.2. The third-order valence-corrected chi connectivity index (χ3v) is 2.33. The van der Waals surface area contributed by atoms with Crippen molar-refractivity contribution in [1.29, 1.82) is 0 Å². The van der Waals surface area contributed by atoms with E-state index in [0.29, 0.717) is 10.7 Å². The van der Waals surface area contributed by atoms with E-state index < -0.39 is 5.56 Å². The quantitative estimate of drug-likeness (QED) is 0.700. The fourth-order valence-corrected chi connectivity index (χ4v) is 1.33. The van der Waals surface area contributed by atoms with E-state index in [1.165, 1.54) is 12.4 Å². The first-order chi connectivity index (χ1) is 8.08. The number of rotatable bonds is 2. The molecule has 7 heteroatoms. The second-order valence-electron chi connectivity index (χ2n) is 3.24. The van der Waals surface area contributed by atoms with Gasteiger partial charge in [0.05, 0.1) is 11.3 Å². The standard InChI is InChI=1S/C10H9ClN4O2/c11-6-2-1-5(12)3-7(6)17-10-8(13)9(16)14-4-15-10/h1-4H,12-13H2,(H,14,15,16). The highest BCUT2D eigenvalue weighted by atomic mass is 35.5. The minimum Gasteiger partial charge on any atom is -0.435 e. The van der Waals surface area contributed by atoms with Gasteiger partial charge in [-0.15, -0.1) is 0 Å². The molecule has 0 aliphatic heterocycles. The van der Waals surface area contributed by atoms with Crippen molar-refractivity contribution >= 4 is 23.0 Å². The number of nitrogens with one attached hydrogen (secondary N) is 1. The third-order valence-electron chi connectivity index (χ3n) is 2.01. The van der Waals surface area contributed by atoms with Crippen LogP contribution in [0.5, 0.6) is 11.6 Å². The molecule has 88 valence electrons. The number of nitrogen functional groups attached to an aromatic ring is 2. The van der Waals surface area contributed by atoms with E-state index in [9.17, 15) is 4.79 Å². The molecule has 5 N–H and O–H groups in total. The summed E-state index contributed by atoms with van der Waals surface area (Å²) >= 11 is 5.90. The summed E-state index contributed by atoms with van der Waals surface area (Å²) in [7, 11) is 0. The maximum Gasteiger partial charge on any atom is 0.277 e. The van der Waals surface area contributed by atoms with Gasteiger partial charge < -0.3 is 21.2 Å². The Balaban J connectivity index is 2.41. The molecule has 0 saturated heterocycles. The Morgan fingerprint density at radius 1 is 1.35 bits per heavy atom. The van der Waals surface area contributed by atoms with Gasteiger partial charge in [-0.25, -0.2) is 4.98 Å². The summed E-state index contributed by atoms with van der Waals surface area (Å²) in [4.78, 5) is 17.3. The van der Waals surface area contributed by atoms with Crippen LogP contribution in [-0.2, 0) is 0 Å². The van der Waals surface area contributed by atoms with Crippen LogP contribution < -0.4 is 21.8 Å². The lowest BCUT2D eigenvalue weighted by molar-refractivity contribution is 0.464. The maximum absolute atomic E-state index is 11.2. The molecular formula is C10H9ClN4O2. The number of nitrogens with zero attached hydrogens (tertiary/aromatic N) is 1. The fourth-order valence-electron chi connectivity index (χ4n) is 1.18.